The second kappa shape index (κ2) is 7.40. The molecule has 4 rings (SSSR count). The highest BCUT2D eigenvalue weighted by Crippen LogP contribution is 2.24. The zero-order chi connectivity index (χ0) is 17.8. The van der Waals surface area contributed by atoms with Gasteiger partial charge >= 0.3 is 0 Å². The average Bonchev–Trinajstić information content (AvgIpc) is 3.37. The SMILES string of the molecule is CCC(Cc1ccn(-c2ccccn2)c1)c1ccn(-c2ccccc2)n1. The molecule has 0 radical (unpaired) electrons. The van der Waals surface area contributed by atoms with E-state index >= 15 is 0 Å². The summed E-state index contributed by atoms with van der Waals surface area (Å²) in [5, 5.41) is 4.81. The second-order valence-corrected chi connectivity index (χ2v) is 6.44. The van der Waals surface area contributed by atoms with E-state index in [4.69, 9.17) is 5.10 Å². The summed E-state index contributed by atoms with van der Waals surface area (Å²) in [5.74, 6) is 1.35. The van der Waals surface area contributed by atoms with Gasteiger partial charge in [-0.2, -0.15) is 5.10 Å². The van der Waals surface area contributed by atoms with Crippen LogP contribution in [0.4, 0.5) is 0 Å². The monoisotopic (exact) mass is 342 g/mol. The molecule has 0 spiro atoms. The van der Waals surface area contributed by atoms with Gasteiger partial charge in [-0.1, -0.05) is 31.2 Å². The van der Waals surface area contributed by atoms with Crippen LogP contribution in [0.5, 0.6) is 0 Å². The van der Waals surface area contributed by atoms with Crippen molar-refractivity contribution in [2.24, 2.45) is 0 Å². The maximum absolute atomic E-state index is 4.81. The predicted octanol–water partition coefficient (Wildman–Crippen LogP) is 4.79. The minimum Gasteiger partial charge on any atom is -0.308 e. The van der Waals surface area contributed by atoms with Gasteiger partial charge in [0.25, 0.3) is 0 Å². The lowest BCUT2D eigenvalue weighted by Crippen LogP contribution is -2.04. The van der Waals surface area contributed by atoms with Crippen molar-refractivity contribution in [3.8, 4) is 11.5 Å². The van der Waals surface area contributed by atoms with Gasteiger partial charge in [0.1, 0.15) is 5.82 Å². The first-order valence-electron chi connectivity index (χ1n) is 9.03. The number of hydrogen-bond acceptors (Lipinski definition) is 2. The number of benzene rings is 1. The zero-order valence-electron chi connectivity index (χ0n) is 14.9. The molecule has 0 bridgehead atoms. The van der Waals surface area contributed by atoms with Gasteiger partial charge in [-0.3, -0.25) is 0 Å². The maximum Gasteiger partial charge on any atom is 0.136 e. The maximum atomic E-state index is 4.81. The molecule has 0 aliphatic rings. The van der Waals surface area contributed by atoms with E-state index in [-0.39, 0.29) is 0 Å². The lowest BCUT2D eigenvalue weighted by atomic mass is 9.95. The molecule has 4 aromatic rings. The van der Waals surface area contributed by atoms with Gasteiger partial charge in [-0.05, 0) is 54.8 Å². The number of pyridine rings is 1. The number of rotatable bonds is 6. The Labute approximate surface area is 153 Å². The van der Waals surface area contributed by atoms with Crippen LogP contribution < -0.4 is 0 Å². The summed E-state index contributed by atoms with van der Waals surface area (Å²) in [6.45, 7) is 2.22. The number of aromatic nitrogens is 4. The van der Waals surface area contributed by atoms with Gasteiger partial charge in [-0.15, -0.1) is 0 Å². The normalized spacial score (nSPS) is 12.2. The molecule has 4 nitrogen and oxygen atoms in total. The first-order chi connectivity index (χ1) is 12.8. The fourth-order valence-corrected chi connectivity index (χ4v) is 3.23. The van der Waals surface area contributed by atoms with Crippen LogP contribution in [0, 0.1) is 0 Å². The molecule has 4 heteroatoms. The van der Waals surface area contributed by atoms with Crippen molar-refractivity contribution in [1.82, 2.24) is 19.3 Å². The van der Waals surface area contributed by atoms with Crippen molar-refractivity contribution in [3.63, 3.8) is 0 Å². The largest absolute Gasteiger partial charge is 0.308 e. The Kier molecular flexibility index (Phi) is 4.65. The number of para-hydroxylation sites is 1. The molecule has 0 aliphatic heterocycles. The third-order valence-electron chi connectivity index (χ3n) is 4.69. The van der Waals surface area contributed by atoms with Crippen molar-refractivity contribution < 1.29 is 0 Å². The third kappa shape index (κ3) is 3.45. The topological polar surface area (TPSA) is 35.6 Å². The smallest absolute Gasteiger partial charge is 0.136 e. The Morgan fingerprint density at radius 3 is 2.54 bits per heavy atom. The van der Waals surface area contributed by atoms with E-state index in [1.54, 1.807) is 0 Å². The molecule has 0 amide bonds. The van der Waals surface area contributed by atoms with Gasteiger partial charge in [0.05, 0.1) is 11.4 Å². The van der Waals surface area contributed by atoms with Crippen molar-refractivity contribution in [1.29, 1.82) is 0 Å². The fraction of sp³-hybridized carbons (Fsp3) is 0.182. The molecule has 1 atom stereocenters. The first kappa shape index (κ1) is 16.3. The summed E-state index contributed by atoms with van der Waals surface area (Å²) in [4.78, 5) is 4.40. The molecule has 0 fully saturated rings. The van der Waals surface area contributed by atoms with Crippen LogP contribution in [0.15, 0.2) is 85.5 Å². The van der Waals surface area contributed by atoms with Crippen molar-refractivity contribution in [2.45, 2.75) is 25.7 Å². The van der Waals surface area contributed by atoms with E-state index in [9.17, 15) is 0 Å². The molecule has 1 unspecified atom stereocenters. The van der Waals surface area contributed by atoms with Crippen LogP contribution in [-0.4, -0.2) is 19.3 Å². The van der Waals surface area contributed by atoms with Gasteiger partial charge in [0.15, 0.2) is 0 Å². The predicted molar refractivity (Wildman–Crippen MR) is 104 cm³/mol. The highest BCUT2D eigenvalue weighted by molar-refractivity contribution is 5.31. The summed E-state index contributed by atoms with van der Waals surface area (Å²) >= 11 is 0. The molecule has 26 heavy (non-hydrogen) atoms. The van der Waals surface area contributed by atoms with Crippen LogP contribution in [-0.2, 0) is 6.42 Å². The molecule has 0 saturated carbocycles. The van der Waals surface area contributed by atoms with E-state index in [0.717, 1.165) is 30.0 Å². The van der Waals surface area contributed by atoms with Crippen LogP contribution in [0.1, 0.15) is 30.5 Å². The Morgan fingerprint density at radius 2 is 1.77 bits per heavy atom. The van der Waals surface area contributed by atoms with E-state index in [1.807, 2.05) is 53.5 Å². The van der Waals surface area contributed by atoms with E-state index in [0.29, 0.717) is 5.92 Å². The number of hydrogen-bond donors (Lipinski definition) is 0. The van der Waals surface area contributed by atoms with Crippen LogP contribution in [0.2, 0.25) is 0 Å². The van der Waals surface area contributed by atoms with Gasteiger partial charge in [0, 0.05) is 30.7 Å². The number of nitrogens with zero attached hydrogens (tertiary/aromatic N) is 4. The summed E-state index contributed by atoms with van der Waals surface area (Å²) < 4.78 is 4.03. The van der Waals surface area contributed by atoms with Gasteiger partial charge < -0.3 is 4.57 Å². The summed E-state index contributed by atoms with van der Waals surface area (Å²) in [7, 11) is 0. The molecule has 0 saturated heterocycles. The Hall–Kier alpha value is -3.14. The standard InChI is InChI=1S/C22H22N4/c1-2-19(21-12-15-26(24-21)20-8-4-3-5-9-20)16-18-11-14-25(17-18)22-10-6-7-13-23-22/h3-15,17,19H,2,16H2,1H3. The van der Waals surface area contributed by atoms with Crippen molar-refractivity contribution in [3.05, 3.63) is 96.7 Å². The Bertz CT molecular complexity index is 954. The Morgan fingerprint density at radius 1 is 0.923 bits per heavy atom. The zero-order valence-corrected chi connectivity index (χ0v) is 14.9. The lowest BCUT2D eigenvalue weighted by molar-refractivity contribution is 0.629. The molecule has 3 heterocycles. The molecule has 130 valence electrons. The van der Waals surface area contributed by atoms with Crippen LogP contribution in [0.3, 0.4) is 0 Å². The quantitative estimate of drug-likeness (QED) is 0.505. The lowest BCUT2D eigenvalue weighted by Gasteiger charge is -2.11. The van der Waals surface area contributed by atoms with Gasteiger partial charge in [-0.25, -0.2) is 9.67 Å². The van der Waals surface area contributed by atoms with E-state index < -0.39 is 0 Å². The van der Waals surface area contributed by atoms with Crippen LogP contribution in [0.25, 0.3) is 11.5 Å². The third-order valence-corrected chi connectivity index (χ3v) is 4.69. The molecular formula is C22H22N4. The summed E-state index contributed by atoms with van der Waals surface area (Å²) in [6.07, 6.45) is 10.1. The van der Waals surface area contributed by atoms with Crippen molar-refractivity contribution >= 4 is 0 Å². The van der Waals surface area contributed by atoms with Crippen LogP contribution >= 0.6 is 0 Å². The minimum atomic E-state index is 0.402. The summed E-state index contributed by atoms with van der Waals surface area (Å²) in [5.41, 5.74) is 3.54. The highest BCUT2D eigenvalue weighted by Gasteiger charge is 2.15. The van der Waals surface area contributed by atoms with Gasteiger partial charge in [0.2, 0.25) is 0 Å². The molecular weight excluding hydrogens is 320 g/mol. The minimum absolute atomic E-state index is 0.402. The molecule has 0 aliphatic carbocycles. The average molecular weight is 342 g/mol. The van der Waals surface area contributed by atoms with E-state index in [2.05, 4.69) is 53.1 Å². The fourth-order valence-electron chi connectivity index (χ4n) is 3.23. The molecule has 3 aromatic heterocycles. The van der Waals surface area contributed by atoms with Crippen molar-refractivity contribution in [2.75, 3.05) is 0 Å². The second-order valence-electron chi connectivity index (χ2n) is 6.44. The first-order valence-corrected chi connectivity index (χ1v) is 9.03. The molecule has 0 N–H and O–H groups in total. The molecule has 1 aromatic carbocycles. The highest BCUT2D eigenvalue weighted by atomic mass is 15.3. The van der Waals surface area contributed by atoms with E-state index in [1.165, 1.54) is 5.56 Å². The Balaban J connectivity index is 1.52. The summed E-state index contributed by atoms with van der Waals surface area (Å²) in [6, 6.07) is 20.5.